The monoisotopic (exact) mass is 358 g/mol. The fourth-order valence-electron chi connectivity index (χ4n) is 2.51. The van der Waals surface area contributed by atoms with Gasteiger partial charge in [-0.2, -0.15) is 10.1 Å². The maximum Gasteiger partial charge on any atom is 0.229 e. The van der Waals surface area contributed by atoms with Crippen molar-refractivity contribution in [3.63, 3.8) is 0 Å². The highest BCUT2D eigenvalue weighted by Gasteiger charge is 2.13. The molecule has 0 aliphatic carbocycles. The van der Waals surface area contributed by atoms with Crippen LogP contribution in [0.2, 0.25) is 0 Å². The van der Waals surface area contributed by atoms with E-state index in [2.05, 4.69) is 30.5 Å². The fourth-order valence-corrected chi connectivity index (χ4v) is 3.13. The van der Waals surface area contributed by atoms with Crippen molar-refractivity contribution < 1.29 is 13.2 Å². The minimum absolute atomic E-state index is 0.103. The lowest BCUT2D eigenvalue weighted by atomic mass is 10.2. The number of nitrogens with zero attached hydrogens (tertiary/aromatic N) is 3. The molecule has 0 fully saturated rings. The molecule has 1 aromatic carbocycles. The Morgan fingerprint density at radius 2 is 2.00 bits per heavy atom. The van der Waals surface area contributed by atoms with Crippen LogP contribution in [0.3, 0.4) is 0 Å². The first-order chi connectivity index (χ1) is 11.9. The maximum atomic E-state index is 11.6. The average Bonchev–Trinajstić information content (AvgIpc) is 3.19. The Labute approximate surface area is 142 Å². The molecule has 0 saturated carbocycles. The SMILES string of the molecule is COc1cc2[nH]ncc2cc1Nc1ncc2cc(S(C)(=O)=O)[nH]c2n1. The van der Waals surface area contributed by atoms with Crippen molar-refractivity contribution in [1.82, 2.24) is 25.1 Å². The Balaban J connectivity index is 1.75. The van der Waals surface area contributed by atoms with Crippen molar-refractivity contribution in [2.75, 3.05) is 18.7 Å². The third-order valence-corrected chi connectivity index (χ3v) is 4.77. The molecular formula is C15H14N6O3S. The van der Waals surface area contributed by atoms with Gasteiger partial charge in [0.2, 0.25) is 5.95 Å². The van der Waals surface area contributed by atoms with Crippen LogP contribution >= 0.6 is 0 Å². The zero-order valence-corrected chi connectivity index (χ0v) is 14.2. The van der Waals surface area contributed by atoms with E-state index in [1.165, 1.54) is 6.07 Å². The smallest absolute Gasteiger partial charge is 0.229 e. The van der Waals surface area contributed by atoms with E-state index in [1.807, 2.05) is 12.1 Å². The summed E-state index contributed by atoms with van der Waals surface area (Å²) in [5, 5.41) is 11.6. The van der Waals surface area contributed by atoms with Crippen LogP contribution in [-0.2, 0) is 9.84 Å². The molecule has 25 heavy (non-hydrogen) atoms. The van der Waals surface area contributed by atoms with E-state index >= 15 is 0 Å². The molecule has 0 bridgehead atoms. The molecule has 0 unspecified atom stereocenters. The minimum Gasteiger partial charge on any atom is -0.494 e. The third-order valence-electron chi connectivity index (χ3n) is 3.75. The minimum atomic E-state index is -3.34. The fraction of sp³-hybridized carbons (Fsp3) is 0.133. The van der Waals surface area contributed by atoms with E-state index in [1.54, 1.807) is 19.5 Å². The predicted molar refractivity (Wildman–Crippen MR) is 92.9 cm³/mol. The molecule has 0 aliphatic heterocycles. The van der Waals surface area contributed by atoms with Crippen molar-refractivity contribution in [3.8, 4) is 5.75 Å². The standard InChI is InChI=1S/C15H14N6O3S/c1-24-12-5-10-8(7-17-21-10)3-11(12)18-15-16-6-9-4-13(25(2,22)23)19-14(9)20-15/h3-7H,1-2H3,(H,17,21)(H2,16,18,19,20). The number of hydrogen-bond acceptors (Lipinski definition) is 7. The summed E-state index contributed by atoms with van der Waals surface area (Å²) in [6.45, 7) is 0. The lowest BCUT2D eigenvalue weighted by Gasteiger charge is -2.10. The van der Waals surface area contributed by atoms with Gasteiger partial charge in [0.05, 0.1) is 24.5 Å². The van der Waals surface area contributed by atoms with E-state index < -0.39 is 9.84 Å². The van der Waals surface area contributed by atoms with E-state index in [0.717, 1.165) is 17.2 Å². The van der Waals surface area contributed by atoms with Crippen molar-refractivity contribution in [1.29, 1.82) is 0 Å². The number of methoxy groups -OCH3 is 1. The second kappa shape index (κ2) is 5.45. The number of anilines is 2. The largest absolute Gasteiger partial charge is 0.494 e. The van der Waals surface area contributed by atoms with Crippen LogP contribution in [0.5, 0.6) is 5.75 Å². The summed E-state index contributed by atoms with van der Waals surface area (Å²) < 4.78 is 28.7. The van der Waals surface area contributed by atoms with Gasteiger partial charge in [0, 0.05) is 29.3 Å². The van der Waals surface area contributed by atoms with Gasteiger partial charge in [-0.25, -0.2) is 13.4 Å². The van der Waals surface area contributed by atoms with Gasteiger partial charge in [0.1, 0.15) is 16.4 Å². The Bertz CT molecular complexity index is 1190. The summed E-state index contributed by atoms with van der Waals surface area (Å²) in [5.41, 5.74) is 1.95. The summed E-state index contributed by atoms with van der Waals surface area (Å²) in [7, 11) is -1.77. The summed E-state index contributed by atoms with van der Waals surface area (Å²) in [6, 6.07) is 5.19. The third kappa shape index (κ3) is 2.76. The van der Waals surface area contributed by atoms with Gasteiger partial charge in [-0.3, -0.25) is 5.10 Å². The molecule has 9 nitrogen and oxygen atoms in total. The second-order valence-corrected chi connectivity index (χ2v) is 7.52. The molecule has 0 aliphatic rings. The molecule has 4 rings (SSSR count). The van der Waals surface area contributed by atoms with Crippen LogP contribution in [0, 0.1) is 0 Å². The van der Waals surface area contributed by atoms with E-state index in [-0.39, 0.29) is 5.03 Å². The van der Waals surface area contributed by atoms with Crippen molar-refractivity contribution >= 4 is 43.4 Å². The van der Waals surface area contributed by atoms with Gasteiger partial charge in [0.15, 0.2) is 9.84 Å². The van der Waals surface area contributed by atoms with Crippen molar-refractivity contribution in [2.45, 2.75) is 5.03 Å². The first kappa shape index (κ1) is 15.4. The Hall–Kier alpha value is -3.14. The summed E-state index contributed by atoms with van der Waals surface area (Å²) in [5.74, 6) is 0.916. The summed E-state index contributed by atoms with van der Waals surface area (Å²) in [6.07, 6.45) is 4.39. The van der Waals surface area contributed by atoms with Crippen LogP contribution in [0.15, 0.2) is 35.6 Å². The van der Waals surface area contributed by atoms with Gasteiger partial charge in [-0.05, 0) is 12.1 Å². The molecule has 0 saturated heterocycles. The number of rotatable bonds is 4. The highest BCUT2D eigenvalue weighted by atomic mass is 32.2. The second-order valence-electron chi connectivity index (χ2n) is 5.54. The van der Waals surface area contributed by atoms with Crippen LogP contribution < -0.4 is 10.1 Å². The van der Waals surface area contributed by atoms with Gasteiger partial charge in [-0.1, -0.05) is 0 Å². The van der Waals surface area contributed by atoms with Crippen LogP contribution in [0.25, 0.3) is 21.9 Å². The molecule has 0 radical (unpaired) electrons. The molecule has 0 spiro atoms. The highest BCUT2D eigenvalue weighted by molar-refractivity contribution is 7.90. The normalized spacial score (nSPS) is 11.9. The van der Waals surface area contributed by atoms with Crippen molar-refractivity contribution in [2.24, 2.45) is 0 Å². The van der Waals surface area contributed by atoms with Crippen LogP contribution in [0.4, 0.5) is 11.6 Å². The van der Waals surface area contributed by atoms with Gasteiger partial charge in [-0.15, -0.1) is 0 Å². The molecule has 0 amide bonds. The highest BCUT2D eigenvalue weighted by Crippen LogP contribution is 2.31. The molecule has 3 heterocycles. The molecule has 0 atom stereocenters. The summed E-state index contributed by atoms with van der Waals surface area (Å²) >= 11 is 0. The number of H-pyrrole nitrogens is 2. The molecule has 10 heteroatoms. The van der Waals surface area contributed by atoms with E-state index in [4.69, 9.17) is 4.74 Å². The quantitative estimate of drug-likeness (QED) is 0.509. The maximum absolute atomic E-state index is 11.6. The number of aromatic nitrogens is 5. The molecule has 3 aromatic heterocycles. The van der Waals surface area contributed by atoms with E-state index in [0.29, 0.717) is 28.4 Å². The molecule has 3 N–H and O–H groups in total. The number of aromatic amines is 2. The number of hydrogen-bond donors (Lipinski definition) is 3. The summed E-state index contributed by atoms with van der Waals surface area (Å²) in [4.78, 5) is 11.3. The average molecular weight is 358 g/mol. The lowest BCUT2D eigenvalue weighted by molar-refractivity contribution is 0.417. The number of nitrogens with one attached hydrogen (secondary N) is 3. The zero-order chi connectivity index (χ0) is 17.6. The van der Waals surface area contributed by atoms with Crippen molar-refractivity contribution in [3.05, 3.63) is 30.6 Å². The van der Waals surface area contributed by atoms with Gasteiger partial charge >= 0.3 is 0 Å². The lowest BCUT2D eigenvalue weighted by Crippen LogP contribution is -1.99. The number of benzene rings is 1. The Morgan fingerprint density at radius 1 is 1.16 bits per heavy atom. The number of ether oxygens (including phenoxy) is 1. The first-order valence-electron chi connectivity index (χ1n) is 7.28. The van der Waals surface area contributed by atoms with Gasteiger partial charge in [0.25, 0.3) is 0 Å². The molecule has 4 aromatic rings. The molecular weight excluding hydrogens is 344 g/mol. The number of fused-ring (bicyclic) bond motifs is 2. The Morgan fingerprint density at radius 3 is 2.76 bits per heavy atom. The number of sulfone groups is 1. The first-order valence-corrected chi connectivity index (χ1v) is 9.17. The van der Waals surface area contributed by atoms with Gasteiger partial charge < -0.3 is 15.0 Å². The predicted octanol–water partition coefficient (Wildman–Crippen LogP) is 1.99. The van der Waals surface area contributed by atoms with E-state index in [9.17, 15) is 8.42 Å². The Kier molecular flexibility index (Phi) is 3.35. The van der Waals surface area contributed by atoms with Crippen LogP contribution in [-0.4, -0.2) is 46.9 Å². The zero-order valence-electron chi connectivity index (χ0n) is 13.4. The topological polar surface area (TPSA) is 126 Å². The molecule has 128 valence electrons. The van der Waals surface area contributed by atoms with Crippen LogP contribution in [0.1, 0.15) is 0 Å².